The predicted octanol–water partition coefficient (Wildman–Crippen LogP) is 2.61. The summed E-state index contributed by atoms with van der Waals surface area (Å²) in [6.45, 7) is 8.57. The van der Waals surface area contributed by atoms with E-state index in [2.05, 4.69) is 14.9 Å². The van der Waals surface area contributed by atoms with E-state index in [-0.39, 0.29) is 12.7 Å². The van der Waals surface area contributed by atoms with Crippen molar-refractivity contribution in [3.63, 3.8) is 0 Å². The number of carbonyl (C=O) groups is 1. The Balaban J connectivity index is 1.46. The highest BCUT2D eigenvalue weighted by Crippen LogP contribution is 2.25. The van der Waals surface area contributed by atoms with Gasteiger partial charge in [0.25, 0.3) is 0 Å². The number of nitrogens with zero attached hydrogens (tertiary/aromatic N) is 4. The molecule has 8 nitrogen and oxygen atoms in total. The first-order valence-corrected chi connectivity index (χ1v) is 10.1. The van der Waals surface area contributed by atoms with Gasteiger partial charge >= 0.3 is 6.09 Å². The molecule has 1 amide bonds. The van der Waals surface area contributed by atoms with Crippen LogP contribution in [-0.4, -0.2) is 70.1 Å². The van der Waals surface area contributed by atoms with Gasteiger partial charge in [0.05, 0.1) is 12.4 Å². The highest BCUT2D eigenvalue weighted by molar-refractivity contribution is 5.68. The fourth-order valence-corrected chi connectivity index (χ4v) is 3.45. The van der Waals surface area contributed by atoms with Gasteiger partial charge in [-0.05, 0) is 52.9 Å². The summed E-state index contributed by atoms with van der Waals surface area (Å²) in [5.41, 5.74) is -1.50. The highest BCUT2D eigenvalue weighted by atomic mass is 16.6. The Labute approximate surface area is 166 Å². The molecule has 3 rings (SSSR count). The molecule has 0 radical (unpaired) electrons. The second-order valence-electron chi connectivity index (χ2n) is 8.74. The van der Waals surface area contributed by atoms with Crippen LogP contribution in [0.2, 0.25) is 0 Å². The summed E-state index contributed by atoms with van der Waals surface area (Å²) >= 11 is 0. The largest absolute Gasteiger partial charge is 0.474 e. The number of piperidine rings is 2. The minimum Gasteiger partial charge on any atom is -0.474 e. The van der Waals surface area contributed by atoms with Gasteiger partial charge < -0.3 is 24.4 Å². The van der Waals surface area contributed by atoms with Crippen LogP contribution in [0.5, 0.6) is 5.88 Å². The summed E-state index contributed by atoms with van der Waals surface area (Å²) in [7, 11) is 0. The molecular formula is C20H32N4O4. The fourth-order valence-electron chi connectivity index (χ4n) is 3.45. The molecule has 1 aromatic heterocycles. The lowest BCUT2D eigenvalue weighted by Gasteiger charge is -2.38. The molecule has 1 N–H and O–H groups in total. The van der Waals surface area contributed by atoms with Gasteiger partial charge in [0.2, 0.25) is 5.88 Å². The second-order valence-corrected chi connectivity index (χ2v) is 8.74. The number of likely N-dealkylation sites (tertiary alicyclic amines) is 1. The Kier molecular flexibility index (Phi) is 6.27. The smallest absolute Gasteiger partial charge is 0.410 e. The number of aliphatic hydroxyl groups is 1. The molecular weight excluding hydrogens is 360 g/mol. The van der Waals surface area contributed by atoms with Gasteiger partial charge in [-0.25, -0.2) is 14.8 Å². The van der Waals surface area contributed by atoms with E-state index in [0.29, 0.717) is 31.8 Å². The van der Waals surface area contributed by atoms with Crippen molar-refractivity contribution in [3.05, 3.63) is 12.4 Å². The van der Waals surface area contributed by atoms with E-state index in [1.807, 2.05) is 20.8 Å². The third-order valence-corrected chi connectivity index (χ3v) is 5.13. The molecule has 0 atom stereocenters. The molecule has 0 bridgehead atoms. The molecule has 28 heavy (non-hydrogen) atoms. The van der Waals surface area contributed by atoms with Crippen LogP contribution in [0.3, 0.4) is 0 Å². The van der Waals surface area contributed by atoms with E-state index in [4.69, 9.17) is 9.47 Å². The first-order chi connectivity index (χ1) is 13.2. The summed E-state index contributed by atoms with van der Waals surface area (Å²) < 4.78 is 11.1. The van der Waals surface area contributed by atoms with Crippen molar-refractivity contribution in [2.24, 2.45) is 0 Å². The molecule has 0 unspecified atom stereocenters. The number of anilines is 1. The van der Waals surface area contributed by atoms with E-state index >= 15 is 0 Å². The van der Waals surface area contributed by atoms with Crippen LogP contribution >= 0.6 is 0 Å². The predicted molar refractivity (Wildman–Crippen MR) is 106 cm³/mol. The van der Waals surface area contributed by atoms with Gasteiger partial charge in [-0.1, -0.05) is 0 Å². The van der Waals surface area contributed by atoms with Crippen LogP contribution in [0.15, 0.2) is 12.4 Å². The van der Waals surface area contributed by atoms with Gasteiger partial charge in [0.15, 0.2) is 0 Å². The van der Waals surface area contributed by atoms with E-state index < -0.39 is 11.2 Å². The third-order valence-electron chi connectivity index (χ3n) is 5.13. The first kappa shape index (κ1) is 20.6. The summed E-state index contributed by atoms with van der Waals surface area (Å²) in [6, 6.07) is 0. The number of aromatic nitrogens is 2. The maximum absolute atomic E-state index is 12.1. The van der Waals surface area contributed by atoms with Gasteiger partial charge in [0.1, 0.15) is 23.6 Å². The highest BCUT2D eigenvalue weighted by Gasteiger charge is 2.36. The Bertz CT molecular complexity index is 645. The third kappa shape index (κ3) is 5.70. The van der Waals surface area contributed by atoms with Crippen LogP contribution in [0.4, 0.5) is 10.6 Å². The fraction of sp³-hybridized carbons (Fsp3) is 0.750. The van der Waals surface area contributed by atoms with Crippen molar-refractivity contribution in [1.29, 1.82) is 0 Å². The van der Waals surface area contributed by atoms with Crippen LogP contribution < -0.4 is 9.64 Å². The van der Waals surface area contributed by atoms with Gasteiger partial charge in [0, 0.05) is 26.2 Å². The monoisotopic (exact) mass is 392 g/mol. The minimum absolute atomic E-state index is 0.132. The number of hydrogen-bond acceptors (Lipinski definition) is 7. The molecule has 0 spiro atoms. The van der Waals surface area contributed by atoms with Crippen molar-refractivity contribution < 1.29 is 19.4 Å². The van der Waals surface area contributed by atoms with E-state index in [1.165, 1.54) is 19.3 Å². The Morgan fingerprint density at radius 2 is 1.79 bits per heavy atom. The standard InChI is InChI=1S/C20H32N4O4/c1-19(2,3)28-18(25)24-11-7-20(26,8-12-24)15-27-17-14-21-16(13-22-17)23-9-5-4-6-10-23/h13-14,26H,4-12,15H2,1-3H3. The lowest BCUT2D eigenvalue weighted by Crippen LogP contribution is -2.50. The Morgan fingerprint density at radius 1 is 1.11 bits per heavy atom. The topological polar surface area (TPSA) is 88.0 Å². The van der Waals surface area contributed by atoms with Crippen molar-refractivity contribution in [2.75, 3.05) is 37.7 Å². The van der Waals surface area contributed by atoms with Gasteiger partial charge in [-0.15, -0.1) is 0 Å². The van der Waals surface area contributed by atoms with E-state index in [0.717, 1.165) is 18.9 Å². The molecule has 3 heterocycles. The lowest BCUT2D eigenvalue weighted by atomic mass is 9.92. The molecule has 2 aliphatic rings. The Hall–Kier alpha value is -2.09. The number of carbonyl (C=O) groups excluding carboxylic acids is 1. The molecule has 0 aromatic carbocycles. The number of hydrogen-bond donors (Lipinski definition) is 1. The molecule has 2 aliphatic heterocycles. The molecule has 8 heteroatoms. The summed E-state index contributed by atoms with van der Waals surface area (Å²) in [5.74, 6) is 1.28. The second kappa shape index (κ2) is 8.51. The van der Waals surface area contributed by atoms with Crippen molar-refractivity contribution in [1.82, 2.24) is 14.9 Å². The van der Waals surface area contributed by atoms with Crippen LogP contribution in [0, 0.1) is 0 Å². The maximum atomic E-state index is 12.1. The van der Waals surface area contributed by atoms with Crippen molar-refractivity contribution in [3.8, 4) is 5.88 Å². The molecule has 2 saturated heterocycles. The van der Waals surface area contributed by atoms with Crippen LogP contribution in [0.25, 0.3) is 0 Å². The molecule has 0 saturated carbocycles. The van der Waals surface area contributed by atoms with Crippen LogP contribution in [-0.2, 0) is 4.74 Å². The minimum atomic E-state index is -0.980. The number of ether oxygens (including phenoxy) is 2. The van der Waals surface area contributed by atoms with Gasteiger partial charge in [-0.3, -0.25) is 0 Å². The summed E-state index contributed by atoms with van der Waals surface area (Å²) in [4.78, 5) is 24.8. The summed E-state index contributed by atoms with van der Waals surface area (Å²) in [5, 5.41) is 10.8. The zero-order valence-electron chi connectivity index (χ0n) is 17.2. The average Bonchev–Trinajstić information content (AvgIpc) is 2.67. The molecule has 0 aliphatic carbocycles. The average molecular weight is 393 g/mol. The number of amides is 1. The molecule has 156 valence electrons. The van der Waals surface area contributed by atoms with E-state index in [9.17, 15) is 9.90 Å². The Morgan fingerprint density at radius 3 is 2.36 bits per heavy atom. The first-order valence-electron chi connectivity index (χ1n) is 10.1. The molecule has 2 fully saturated rings. The van der Waals surface area contributed by atoms with Crippen LogP contribution in [0.1, 0.15) is 52.9 Å². The number of rotatable bonds is 4. The van der Waals surface area contributed by atoms with Crippen molar-refractivity contribution >= 4 is 11.9 Å². The maximum Gasteiger partial charge on any atom is 0.410 e. The SMILES string of the molecule is CC(C)(C)OC(=O)N1CCC(O)(COc2cnc(N3CCCCC3)cn2)CC1. The zero-order valence-corrected chi connectivity index (χ0v) is 17.2. The lowest BCUT2D eigenvalue weighted by molar-refractivity contribution is -0.0569. The van der Waals surface area contributed by atoms with Crippen molar-refractivity contribution in [2.45, 2.75) is 64.1 Å². The zero-order chi connectivity index (χ0) is 20.2. The van der Waals surface area contributed by atoms with Gasteiger partial charge in [-0.2, -0.15) is 0 Å². The van der Waals surface area contributed by atoms with E-state index in [1.54, 1.807) is 17.3 Å². The normalized spacial score (nSPS) is 20.0. The summed E-state index contributed by atoms with van der Waals surface area (Å²) in [6.07, 6.45) is 7.53. The molecule has 1 aromatic rings. The quantitative estimate of drug-likeness (QED) is 0.842.